The zero-order valence-electron chi connectivity index (χ0n) is 12.7. The van der Waals surface area contributed by atoms with Crippen LogP contribution in [0.2, 0.25) is 0 Å². The van der Waals surface area contributed by atoms with Crippen LogP contribution in [-0.2, 0) is 19.1 Å². The lowest BCUT2D eigenvalue weighted by molar-refractivity contribution is -0.145. The minimum Gasteiger partial charge on any atom is -0.465 e. The quantitative estimate of drug-likeness (QED) is 0.857. The van der Waals surface area contributed by atoms with Crippen LogP contribution in [0, 0.1) is 23.7 Å². The highest BCUT2D eigenvalue weighted by Crippen LogP contribution is 2.57. The molecule has 3 fully saturated rings. The first kappa shape index (κ1) is 14.2. The third-order valence-corrected chi connectivity index (χ3v) is 5.36. The van der Waals surface area contributed by atoms with E-state index in [0.29, 0.717) is 11.3 Å². The molecule has 23 heavy (non-hydrogen) atoms. The normalized spacial score (nSPS) is 33.4. The van der Waals surface area contributed by atoms with Crippen LogP contribution in [0.5, 0.6) is 0 Å². The minimum atomic E-state index is -0.421. The molecule has 1 heterocycles. The number of hydrogen-bond acceptors (Lipinski definition) is 5. The number of nitrogens with one attached hydrogen (secondary N) is 1. The number of rotatable bonds is 3. The number of benzene rings is 1. The summed E-state index contributed by atoms with van der Waals surface area (Å²) in [7, 11) is 1.32. The van der Waals surface area contributed by atoms with Crippen LogP contribution in [0.4, 0.5) is 5.69 Å². The Morgan fingerprint density at radius 3 is 2.65 bits per heavy atom. The summed E-state index contributed by atoms with van der Waals surface area (Å²) in [4.78, 5) is 36.0. The van der Waals surface area contributed by atoms with Crippen molar-refractivity contribution in [1.82, 2.24) is 0 Å². The second-order valence-electron chi connectivity index (χ2n) is 6.48. The zero-order chi connectivity index (χ0) is 16.1. The van der Waals surface area contributed by atoms with Crippen molar-refractivity contribution in [2.45, 2.75) is 18.9 Å². The van der Waals surface area contributed by atoms with Crippen LogP contribution in [0.25, 0.3) is 0 Å². The first-order valence-corrected chi connectivity index (χ1v) is 7.78. The maximum absolute atomic E-state index is 12.6. The summed E-state index contributed by atoms with van der Waals surface area (Å²) in [5.74, 6) is -0.914. The minimum absolute atomic E-state index is 0.0286. The molecule has 1 N–H and O–H groups in total. The predicted molar refractivity (Wildman–Crippen MR) is 79.5 cm³/mol. The molecular formula is C17H17NO5. The van der Waals surface area contributed by atoms with Gasteiger partial charge >= 0.3 is 11.9 Å². The monoisotopic (exact) mass is 315 g/mol. The van der Waals surface area contributed by atoms with E-state index in [9.17, 15) is 14.4 Å². The average molecular weight is 315 g/mol. The van der Waals surface area contributed by atoms with Gasteiger partial charge in [0.1, 0.15) is 6.10 Å². The topological polar surface area (TPSA) is 81.7 Å². The SMILES string of the molecule is COC(=O)c1ccc(NC(=O)[C@@H]2[C@@H]3C[C@@H]4[C@H]2C(=O)O[C@@H]4C3)cc1. The van der Waals surface area contributed by atoms with Gasteiger partial charge in [-0.3, -0.25) is 9.59 Å². The fraction of sp³-hybridized carbons (Fsp3) is 0.471. The van der Waals surface area contributed by atoms with E-state index >= 15 is 0 Å². The van der Waals surface area contributed by atoms with Crippen LogP contribution in [0.15, 0.2) is 24.3 Å². The molecule has 1 aromatic rings. The standard InChI is InChI=1S/C17H17NO5/c1-22-16(20)8-2-4-10(5-3-8)18-15(19)13-9-6-11-12(7-9)23-17(21)14(11)13/h2-5,9,11-14H,6-7H2,1H3,(H,18,19)/t9-,11+,12-,13-,14-/m1/s1. The van der Waals surface area contributed by atoms with Gasteiger partial charge in [-0.05, 0) is 43.0 Å². The Morgan fingerprint density at radius 1 is 1.22 bits per heavy atom. The molecule has 1 aliphatic heterocycles. The highest BCUT2D eigenvalue weighted by Gasteiger charge is 2.63. The van der Waals surface area contributed by atoms with Crippen molar-refractivity contribution in [3.05, 3.63) is 29.8 Å². The molecule has 2 bridgehead atoms. The van der Waals surface area contributed by atoms with Crippen LogP contribution in [0.3, 0.4) is 0 Å². The highest BCUT2D eigenvalue weighted by molar-refractivity contribution is 5.97. The van der Waals surface area contributed by atoms with E-state index in [4.69, 9.17) is 4.74 Å². The van der Waals surface area contributed by atoms with Crippen molar-refractivity contribution in [3.8, 4) is 0 Å². The Labute approximate surface area is 133 Å². The molecule has 6 nitrogen and oxygen atoms in total. The Balaban J connectivity index is 1.48. The van der Waals surface area contributed by atoms with Crippen LogP contribution >= 0.6 is 0 Å². The number of anilines is 1. The molecule has 6 heteroatoms. The summed E-state index contributed by atoms with van der Waals surface area (Å²) in [6.45, 7) is 0. The van der Waals surface area contributed by atoms with Crippen LogP contribution in [-0.4, -0.2) is 31.1 Å². The van der Waals surface area contributed by atoms with E-state index in [0.717, 1.165) is 12.8 Å². The first-order chi connectivity index (χ1) is 11.1. The average Bonchev–Trinajstić information content (AvgIpc) is 3.16. The lowest BCUT2D eigenvalue weighted by atomic mass is 9.79. The van der Waals surface area contributed by atoms with Gasteiger partial charge in [0, 0.05) is 11.6 Å². The van der Waals surface area contributed by atoms with Gasteiger partial charge in [0.25, 0.3) is 0 Å². The Kier molecular flexibility index (Phi) is 3.14. The van der Waals surface area contributed by atoms with E-state index in [1.807, 2.05) is 0 Å². The van der Waals surface area contributed by atoms with Crippen molar-refractivity contribution < 1.29 is 23.9 Å². The van der Waals surface area contributed by atoms with Gasteiger partial charge in [-0.25, -0.2) is 4.79 Å². The number of hydrogen-bond donors (Lipinski definition) is 1. The molecular weight excluding hydrogens is 298 g/mol. The van der Waals surface area contributed by atoms with Gasteiger partial charge in [-0.15, -0.1) is 0 Å². The van der Waals surface area contributed by atoms with Gasteiger partial charge in [0.2, 0.25) is 5.91 Å². The lowest BCUT2D eigenvalue weighted by Crippen LogP contribution is -2.35. The van der Waals surface area contributed by atoms with Gasteiger partial charge in [0.05, 0.1) is 24.5 Å². The molecule has 5 atom stereocenters. The van der Waals surface area contributed by atoms with E-state index in [-0.39, 0.29) is 41.7 Å². The second kappa shape index (κ2) is 5.08. The lowest BCUT2D eigenvalue weighted by Gasteiger charge is -2.23. The smallest absolute Gasteiger partial charge is 0.337 e. The Bertz CT molecular complexity index is 681. The molecule has 2 saturated carbocycles. The number of esters is 2. The largest absolute Gasteiger partial charge is 0.465 e. The Morgan fingerprint density at radius 2 is 1.96 bits per heavy atom. The molecule has 120 valence electrons. The van der Waals surface area contributed by atoms with E-state index in [1.54, 1.807) is 24.3 Å². The summed E-state index contributed by atoms with van der Waals surface area (Å²) in [5, 5.41) is 2.86. The highest BCUT2D eigenvalue weighted by atomic mass is 16.6. The maximum atomic E-state index is 12.6. The summed E-state index contributed by atoms with van der Waals surface area (Å²) < 4.78 is 9.99. The third-order valence-electron chi connectivity index (χ3n) is 5.36. The molecule has 1 aromatic carbocycles. The Hall–Kier alpha value is -2.37. The third kappa shape index (κ3) is 2.12. The zero-order valence-corrected chi connectivity index (χ0v) is 12.7. The predicted octanol–water partition coefficient (Wildman–Crippen LogP) is 1.61. The van der Waals surface area contributed by atoms with Crippen molar-refractivity contribution in [2.75, 3.05) is 12.4 Å². The van der Waals surface area contributed by atoms with Gasteiger partial charge in [-0.1, -0.05) is 0 Å². The molecule has 3 aliphatic rings. The van der Waals surface area contributed by atoms with E-state index in [2.05, 4.69) is 10.1 Å². The molecule has 0 spiro atoms. The van der Waals surface area contributed by atoms with Crippen molar-refractivity contribution in [3.63, 3.8) is 0 Å². The van der Waals surface area contributed by atoms with Gasteiger partial charge in [0.15, 0.2) is 0 Å². The van der Waals surface area contributed by atoms with Crippen molar-refractivity contribution in [1.29, 1.82) is 0 Å². The summed E-state index contributed by atoms with van der Waals surface area (Å²) in [6, 6.07) is 6.52. The number of carbonyl (C=O) groups is 3. The molecule has 1 saturated heterocycles. The van der Waals surface area contributed by atoms with Crippen LogP contribution in [0.1, 0.15) is 23.2 Å². The van der Waals surface area contributed by atoms with Gasteiger partial charge in [-0.2, -0.15) is 0 Å². The van der Waals surface area contributed by atoms with E-state index < -0.39 is 5.97 Å². The number of methoxy groups -OCH3 is 1. The number of carbonyl (C=O) groups excluding carboxylic acids is 3. The van der Waals surface area contributed by atoms with Gasteiger partial charge < -0.3 is 14.8 Å². The summed E-state index contributed by atoms with van der Waals surface area (Å²) in [6.07, 6.45) is 1.73. The summed E-state index contributed by atoms with van der Waals surface area (Å²) in [5.41, 5.74) is 1.03. The number of ether oxygens (including phenoxy) is 2. The molecule has 0 aromatic heterocycles. The number of amides is 1. The molecule has 4 rings (SSSR count). The van der Waals surface area contributed by atoms with Crippen molar-refractivity contribution in [2.24, 2.45) is 23.7 Å². The van der Waals surface area contributed by atoms with E-state index in [1.165, 1.54) is 7.11 Å². The maximum Gasteiger partial charge on any atom is 0.337 e. The number of fused-ring (bicyclic) bond motifs is 1. The molecule has 2 aliphatic carbocycles. The van der Waals surface area contributed by atoms with Crippen molar-refractivity contribution >= 4 is 23.5 Å². The molecule has 0 radical (unpaired) electrons. The molecule has 1 amide bonds. The fourth-order valence-corrected chi connectivity index (χ4v) is 4.40. The molecule has 0 unspecified atom stereocenters. The second-order valence-corrected chi connectivity index (χ2v) is 6.48. The fourth-order valence-electron chi connectivity index (χ4n) is 4.40. The van der Waals surface area contributed by atoms with Crippen LogP contribution < -0.4 is 5.32 Å². The summed E-state index contributed by atoms with van der Waals surface area (Å²) >= 11 is 0. The first-order valence-electron chi connectivity index (χ1n) is 7.78.